The Morgan fingerprint density at radius 1 is 0.875 bits per heavy atom. The predicted molar refractivity (Wildman–Crippen MR) is 98.1 cm³/mol. The summed E-state index contributed by atoms with van der Waals surface area (Å²) >= 11 is 25.1. The molecule has 0 spiro atoms. The Kier molecular flexibility index (Phi) is 4.92. The van der Waals surface area contributed by atoms with E-state index in [0.717, 1.165) is 5.39 Å². The lowest BCUT2D eigenvalue weighted by molar-refractivity contribution is 0.395. The Morgan fingerprint density at radius 3 is 2.08 bits per heavy atom. The number of aromatic nitrogens is 2. The summed E-state index contributed by atoms with van der Waals surface area (Å²) in [6.45, 7) is 0. The summed E-state index contributed by atoms with van der Waals surface area (Å²) < 4.78 is 10.6. The van der Waals surface area contributed by atoms with Gasteiger partial charge in [-0.15, -0.1) is 0 Å². The van der Waals surface area contributed by atoms with Crippen molar-refractivity contribution >= 4 is 57.3 Å². The van der Waals surface area contributed by atoms with Crippen molar-refractivity contribution in [3.63, 3.8) is 0 Å². The number of ether oxygens (including phenoxy) is 2. The third-order valence-corrected chi connectivity index (χ3v) is 4.73. The van der Waals surface area contributed by atoms with Crippen LogP contribution in [-0.4, -0.2) is 24.2 Å². The summed E-state index contributed by atoms with van der Waals surface area (Å²) in [4.78, 5) is 8.12. The van der Waals surface area contributed by atoms with Crippen LogP contribution in [0.25, 0.3) is 22.0 Å². The lowest BCUT2D eigenvalue weighted by Crippen LogP contribution is -1.94. The van der Waals surface area contributed by atoms with E-state index in [9.17, 15) is 0 Å². The van der Waals surface area contributed by atoms with E-state index in [2.05, 4.69) is 9.97 Å². The molecule has 0 aliphatic rings. The highest BCUT2D eigenvalue weighted by molar-refractivity contribution is 6.43. The normalized spacial score (nSPS) is 10.9. The van der Waals surface area contributed by atoms with Crippen molar-refractivity contribution in [1.29, 1.82) is 0 Å². The van der Waals surface area contributed by atoms with E-state index in [-0.39, 0.29) is 5.28 Å². The van der Waals surface area contributed by atoms with Crippen LogP contribution in [0.15, 0.2) is 24.4 Å². The highest BCUT2D eigenvalue weighted by Gasteiger charge is 2.21. The van der Waals surface area contributed by atoms with E-state index < -0.39 is 0 Å². The van der Waals surface area contributed by atoms with Gasteiger partial charge in [0.2, 0.25) is 5.28 Å². The lowest BCUT2D eigenvalue weighted by Gasteiger charge is -2.16. The van der Waals surface area contributed by atoms with Gasteiger partial charge in [-0.2, -0.15) is 0 Å². The fraction of sp³-hybridized carbons (Fsp3) is 0.125. The molecular weight excluding hydrogens is 394 g/mol. The second-order valence-electron chi connectivity index (χ2n) is 4.81. The van der Waals surface area contributed by atoms with E-state index >= 15 is 0 Å². The summed E-state index contributed by atoms with van der Waals surface area (Å²) in [5.74, 6) is 0.855. The molecule has 0 saturated heterocycles. The molecule has 1 aromatic heterocycles. The molecule has 0 aliphatic carbocycles. The van der Waals surface area contributed by atoms with Gasteiger partial charge in [0.25, 0.3) is 0 Å². The molecule has 1 heterocycles. The zero-order chi connectivity index (χ0) is 17.4. The maximum atomic E-state index is 6.45. The SMILES string of the molecule is COc1cc(OC)c(Cl)c(-c2cc3cnc(Cl)nc3cc2Cl)c1Cl. The van der Waals surface area contributed by atoms with E-state index in [1.807, 2.05) is 0 Å². The summed E-state index contributed by atoms with van der Waals surface area (Å²) in [5.41, 5.74) is 1.74. The van der Waals surface area contributed by atoms with Crippen LogP contribution in [0.2, 0.25) is 20.4 Å². The molecule has 8 heteroatoms. The topological polar surface area (TPSA) is 44.2 Å². The van der Waals surface area contributed by atoms with E-state index in [1.165, 1.54) is 14.2 Å². The summed E-state index contributed by atoms with van der Waals surface area (Å²) in [5, 5.41) is 1.97. The van der Waals surface area contributed by atoms with Crippen LogP contribution in [0.3, 0.4) is 0 Å². The maximum absolute atomic E-state index is 6.45. The van der Waals surface area contributed by atoms with Gasteiger partial charge in [-0.3, -0.25) is 0 Å². The fourth-order valence-electron chi connectivity index (χ4n) is 2.34. The molecule has 0 amide bonds. The van der Waals surface area contributed by atoms with E-state index in [0.29, 0.717) is 43.2 Å². The Morgan fingerprint density at radius 2 is 1.50 bits per heavy atom. The van der Waals surface area contributed by atoms with Crippen LogP contribution in [0.4, 0.5) is 0 Å². The molecule has 0 bridgehead atoms. The zero-order valence-corrected chi connectivity index (χ0v) is 15.6. The molecule has 0 atom stereocenters. The van der Waals surface area contributed by atoms with Crippen LogP contribution in [0.5, 0.6) is 11.5 Å². The molecule has 0 unspecified atom stereocenters. The minimum Gasteiger partial charge on any atom is -0.495 e. The van der Waals surface area contributed by atoms with Crippen molar-refractivity contribution < 1.29 is 9.47 Å². The number of methoxy groups -OCH3 is 2. The van der Waals surface area contributed by atoms with Crippen molar-refractivity contribution in [3.05, 3.63) is 44.7 Å². The monoisotopic (exact) mass is 402 g/mol. The van der Waals surface area contributed by atoms with Crippen molar-refractivity contribution in [2.24, 2.45) is 0 Å². The van der Waals surface area contributed by atoms with Gasteiger partial charge in [0.05, 0.1) is 34.8 Å². The predicted octanol–water partition coefficient (Wildman–Crippen LogP) is 5.93. The highest BCUT2D eigenvalue weighted by Crippen LogP contribution is 2.48. The van der Waals surface area contributed by atoms with Gasteiger partial charge in [0.15, 0.2) is 0 Å². The van der Waals surface area contributed by atoms with Crippen molar-refractivity contribution in [1.82, 2.24) is 9.97 Å². The van der Waals surface area contributed by atoms with Gasteiger partial charge in [-0.25, -0.2) is 9.97 Å². The molecule has 0 fully saturated rings. The second kappa shape index (κ2) is 6.81. The van der Waals surface area contributed by atoms with Gasteiger partial charge >= 0.3 is 0 Å². The van der Waals surface area contributed by atoms with Crippen molar-refractivity contribution in [3.8, 4) is 22.6 Å². The highest BCUT2D eigenvalue weighted by atomic mass is 35.5. The lowest BCUT2D eigenvalue weighted by atomic mass is 10.0. The molecule has 124 valence electrons. The molecule has 3 aromatic rings. The largest absolute Gasteiger partial charge is 0.495 e. The first kappa shape index (κ1) is 17.4. The summed E-state index contributed by atoms with van der Waals surface area (Å²) in [7, 11) is 3.02. The Balaban J connectivity index is 2.34. The molecule has 3 rings (SSSR count). The Bertz CT molecular complexity index is 919. The third-order valence-electron chi connectivity index (χ3n) is 3.48. The number of fused-ring (bicyclic) bond motifs is 1. The number of rotatable bonds is 3. The maximum Gasteiger partial charge on any atom is 0.222 e. The average molecular weight is 404 g/mol. The van der Waals surface area contributed by atoms with Gasteiger partial charge in [-0.1, -0.05) is 34.8 Å². The molecule has 0 saturated carbocycles. The summed E-state index contributed by atoms with van der Waals surface area (Å²) in [6, 6.07) is 5.09. The minimum atomic E-state index is 0.144. The Labute approximate surface area is 158 Å². The molecule has 4 nitrogen and oxygen atoms in total. The van der Waals surface area contributed by atoms with E-state index in [4.69, 9.17) is 55.9 Å². The van der Waals surface area contributed by atoms with Crippen LogP contribution in [-0.2, 0) is 0 Å². The number of halogens is 4. The van der Waals surface area contributed by atoms with E-state index in [1.54, 1.807) is 24.4 Å². The summed E-state index contributed by atoms with van der Waals surface area (Å²) in [6.07, 6.45) is 1.60. The standard InChI is InChI=1S/C16H10Cl4N2O2/c1-23-11-5-12(24-2)15(19)13(14(11)18)8-3-7-6-21-16(20)22-10(7)4-9(8)17/h3-6H,1-2H3. The third kappa shape index (κ3) is 2.95. The first-order chi connectivity index (χ1) is 11.5. The minimum absolute atomic E-state index is 0.144. The first-order valence-corrected chi connectivity index (χ1v) is 8.19. The van der Waals surface area contributed by atoms with Crippen molar-refractivity contribution in [2.75, 3.05) is 14.2 Å². The number of benzene rings is 2. The van der Waals surface area contributed by atoms with Crippen LogP contribution in [0, 0.1) is 0 Å². The van der Waals surface area contributed by atoms with Gasteiger partial charge in [0, 0.05) is 28.8 Å². The van der Waals surface area contributed by atoms with Crippen LogP contribution in [0.1, 0.15) is 0 Å². The second-order valence-corrected chi connectivity index (χ2v) is 6.32. The quantitative estimate of drug-likeness (QED) is 0.508. The molecule has 0 radical (unpaired) electrons. The van der Waals surface area contributed by atoms with Gasteiger partial charge in [0.1, 0.15) is 11.5 Å². The number of hydrogen-bond acceptors (Lipinski definition) is 4. The number of hydrogen-bond donors (Lipinski definition) is 0. The van der Waals surface area contributed by atoms with Crippen LogP contribution < -0.4 is 9.47 Å². The van der Waals surface area contributed by atoms with Gasteiger partial charge in [-0.05, 0) is 23.7 Å². The number of nitrogens with zero attached hydrogens (tertiary/aromatic N) is 2. The Hall–Kier alpha value is -1.46. The molecule has 2 aromatic carbocycles. The zero-order valence-electron chi connectivity index (χ0n) is 12.5. The average Bonchev–Trinajstić information content (AvgIpc) is 2.55. The molecular formula is C16H10Cl4N2O2. The fourth-order valence-corrected chi connectivity index (χ4v) is 3.44. The first-order valence-electron chi connectivity index (χ1n) is 6.68. The molecule has 0 aliphatic heterocycles. The molecule has 24 heavy (non-hydrogen) atoms. The molecule has 0 N–H and O–H groups in total. The van der Waals surface area contributed by atoms with Crippen LogP contribution >= 0.6 is 46.4 Å². The smallest absolute Gasteiger partial charge is 0.222 e. The van der Waals surface area contributed by atoms with Gasteiger partial charge < -0.3 is 9.47 Å². The van der Waals surface area contributed by atoms with Crippen molar-refractivity contribution in [2.45, 2.75) is 0 Å².